The molecule has 2 rings (SSSR count). The van der Waals surface area contributed by atoms with Crippen molar-refractivity contribution in [3.05, 3.63) is 24.3 Å². The molecule has 0 unspecified atom stereocenters. The van der Waals surface area contributed by atoms with E-state index in [1.807, 2.05) is 0 Å². The number of hydrogen-bond donors (Lipinski definition) is 2. The molecule has 1 fully saturated rings. The van der Waals surface area contributed by atoms with Crippen LogP contribution in [0.1, 0.15) is 12.8 Å². The molecule has 2 N–H and O–H groups in total. The summed E-state index contributed by atoms with van der Waals surface area (Å²) in [5, 5.41) is 2.81. The Morgan fingerprint density at radius 1 is 1.38 bits per heavy atom. The van der Waals surface area contributed by atoms with Gasteiger partial charge in [0.2, 0.25) is 0 Å². The molecule has 1 saturated heterocycles. The van der Waals surface area contributed by atoms with Gasteiger partial charge < -0.3 is 15.0 Å². The fourth-order valence-electron chi connectivity index (χ4n) is 2.56. The lowest BCUT2D eigenvalue weighted by Gasteiger charge is -2.24. The molecule has 0 spiro atoms. The van der Waals surface area contributed by atoms with Gasteiger partial charge in [-0.2, -0.15) is 12.7 Å². The molecule has 2 amide bonds. The quantitative estimate of drug-likeness (QED) is 0.809. The summed E-state index contributed by atoms with van der Waals surface area (Å²) >= 11 is 0. The van der Waals surface area contributed by atoms with Crippen LogP contribution in [0.2, 0.25) is 0 Å². The van der Waals surface area contributed by atoms with E-state index in [0.29, 0.717) is 24.5 Å². The van der Waals surface area contributed by atoms with Crippen LogP contribution in [0.15, 0.2) is 24.3 Å². The molecule has 0 aromatic heterocycles. The summed E-state index contributed by atoms with van der Waals surface area (Å²) in [6, 6.07) is 6.47. The molecule has 0 radical (unpaired) electrons. The van der Waals surface area contributed by atoms with Crippen molar-refractivity contribution in [2.75, 3.05) is 44.4 Å². The average molecular weight is 356 g/mol. The molecule has 24 heavy (non-hydrogen) atoms. The summed E-state index contributed by atoms with van der Waals surface area (Å²) in [6.07, 6.45) is 1.87. The Bertz CT molecular complexity index is 678. The zero-order chi connectivity index (χ0) is 17.7. The number of carbonyl (C=O) groups excluding carboxylic acids is 1. The molecule has 0 bridgehead atoms. The van der Waals surface area contributed by atoms with Crippen LogP contribution < -0.4 is 10.0 Å². The highest BCUT2D eigenvalue weighted by molar-refractivity contribution is 7.90. The van der Waals surface area contributed by atoms with Crippen molar-refractivity contribution >= 4 is 27.6 Å². The van der Waals surface area contributed by atoms with Gasteiger partial charge in [0.05, 0.1) is 18.3 Å². The smallest absolute Gasteiger partial charge is 0.322 e. The van der Waals surface area contributed by atoms with Crippen LogP contribution in [0.25, 0.3) is 0 Å². The van der Waals surface area contributed by atoms with Gasteiger partial charge in [0, 0.05) is 33.4 Å². The SMILES string of the molecule is COC[C@@H]1CCCN1C(=O)Nc1cccc(NS(=O)(=O)N(C)C)c1. The van der Waals surface area contributed by atoms with Gasteiger partial charge in [0.25, 0.3) is 0 Å². The van der Waals surface area contributed by atoms with Crippen LogP contribution in [-0.4, -0.2) is 64.1 Å². The largest absolute Gasteiger partial charge is 0.383 e. The zero-order valence-electron chi connectivity index (χ0n) is 14.2. The lowest BCUT2D eigenvalue weighted by molar-refractivity contribution is 0.128. The topological polar surface area (TPSA) is 91.0 Å². The molecule has 1 heterocycles. The average Bonchev–Trinajstić information content (AvgIpc) is 2.95. The number of benzene rings is 1. The summed E-state index contributed by atoms with van der Waals surface area (Å²) < 4.78 is 32.4. The van der Waals surface area contributed by atoms with Crippen molar-refractivity contribution in [3.63, 3.8) is 0 Å². The second-order valence-electron chi connectivity index (χ2n) is 5.85. The van der Waals surface area contributed by atoms with E-state index in [1.54, 1.807) is 36.3 Å². The van der Waals surface area contributed by atoms with Crippen molar-refractivity contribution in [1.29, 1.82) is 0 Å². The van der Waals surface area contributed by atoms with Gasteiger partial charge >= 0.3 is 16.2 Å². The van der Waals surface area contributed by atoms with Crippen LogP contribution in [0.5, 0.6) is 0 Å². The summed E-state index contributed by atoms with van der Waals surface area (Å²) in [6.45, 7) is 1.20. The number of amides is 2. The molecule has 9 heteroatoms. The third kappa shape index (κ3) is 4.59. The summed E-state index contributed by atoms with van der Waals surface area (Å²) in [7, 11) is 0.919. The predicted octanol–water partition coefficient (Wildman–Crippen LogP) is 1.55. The standard InChI is InChI=1S/C15H24N4O4S/c1-18(2)24(21,22)17-13-7-4-6-12(10-13)16-15(20)19-9-5-8-14(19)11-23-3/h4,6-7,10,14,17H,5,8-9,11H2,1-3H3,(H,16,20)/t14-/m0/s1. The third-order valence-corrected chi connectivity index (χ3v) is 5.29. The first-order valence-electron chi connectivity index (χ1n) is 7.70. The predicted molar refractivity (Wildman–Crippen MR) is 93.3 cm³/mol. The van der Waals surface area contributed by atoms with Gasteiger partial charge in [-0.1, -0.05) is 6.07 Å². The van der Waals surface area contributed by atoms with E-state index in [1.165, 1.54) is 14.1 Å². The number of nitrogens with zero attached hydrogens (tertiary/aromatic N) is 2. The Kier molecular flexibility index (Phi) is 6.03. The molecular weight excluding hydrogens is 332 g/mol. The first-order valence-corrected chi connectivity index (χ1v) is 9.14. The van der Waals surface area contributed by atoms with Crippen molar-refractivity contribution in [1.82, 2.24) is 9.21 Å². The minimum Gasteiger partial charge on any atom is -0.383 e. The number of likely N-dealkylation sites (tertiary alicyclic amines) is 1. The number of ether oxygens (including phenoxy) is 1. The van der Waals surface area contributed by atoms with Gasteiger partial charge in [0.15, 0.2) is 0 Å². The maximum Gasteiger partial charge on any atom is 0.322 e. The van der Waals surface area contributed by atoms with Crippen molar-refractivity contribution < 1.29 is 17.9 Å². The minimum absolute atomic E-state index is 0.0745. The Balaban J connectivity index is 2.05. The van der Waals surface area contributed by atoms with E-state index in [0.717, 1.165) is 17.1 Å². The van der Waals surface area contributed by atoms with Gasteiger partial charge in [-0.3, -0.25) is 4.72 Å². The summed E-state index contributed by atoms with van der Waals surface area (Å²) in [5.41, 5.74) is 0.915. The molecule has 1 aliphatic rings. The Morgan fingerprint density at radius 2 is 2.08 bits per heavy atom. The fourth-order valence-corrected chi connectivity index (χ4v) is 3.17. The monoisotopic (exact) mass is 356 g/mol. The number of anilines is 2. The second-order valence-corrected chi connectivity index (χ2v) is 7.73. The molecule has 1 aromatic rings. The number of nitrogens with one attached hydrogen (secondary N) is 2. The van der Waals surface area contributed by atoms with Gasteiger partial charge in [-0.25, -0.2) is 4.79 Å². The van der Waals surface area contributed by atoms with Crippen molar-refractivity contribution in [3.8, 4) is 0 Å². The van der Waals surface area contributed by atoms with Gasteiger partial charge in [0.1, 0.15) is 0 Å². The van der Waals surface area contributed by atoms with E-state index in [9.17, 15) is 13.2 Å². The number of carbonyl (C=O) groups is 1. The van der Waals surface area contributed by atoms with E-state index in [2.05, 4.69) is 10.0 Å². The molecule has 8 nitrogen and oxygen atoms in total. The second kappa shape index (κ2) is 7.82. The Labute approximate surface area is 143 Å². The highest BCUT2D eigenvalue weighted by atomic mass is 32.2. The first-order chi connectivity index (χ1) is 11.3. The maximum atomic E-state index is 12.4. The van der Waals surface area contributed by atoms with Crippen LogP contribution >= 0.6 is 0 Å². The molecule has 1 aromatic carbocycles. The molecular formula is C15H24N4O4S. The number of rotatable bonds is 6. The highest BCUT2D eigenvalue weighted by Gasteiger charge is 2.28. The van der Waals surface area contributed by atoms with Crippen LogP contribution in [0.3, 0.4) is 0 Å². The zero-order valence-corrected chi connectivity index (χ0v) is 15.0. The maximum absolute atomic E-state index is 12.4. The molecule has 1 atom stereocenters. The summed E-state index contributed by atoms with van der Waals surface area (Å²) in [5.74, 6) is 0. The molecule has 134 valence electrons. The lowest BCUT2D eigenvalue weighted by Crippen LogP contribution is -2.40. The van der Waals surface area contributed by atoms with Crippen LogP contribution in [-0.2, 0) is 14.9 Å². The van der Waals surface area contributed by atoms with Crippen molar-refractivity contribution in [2.45, 2.75) is 18.9 Å². The lowest BCUT2D eigenvalue weighted by atomic mass is 10.2. The fraction of sp³-hybridized carbons (Fsp3) is 0.533. The van der Waals surface area contributed by atoms with E-state index in [4.69, 9.17) is 4.74 Å². The number of methoxy groups -OCH3 is 1. The van der Waals surface area contributed by atoms with E-state index < -0.39 is 10.2 Å². The number of urea groups is 1. The normalized spacial score (nSPS) is 18.0. The summed E-state index contributed by atoms with van der Waals surface area (Å²) in [4.78, 5) is 14.2. The molecule has 1 aliphatic heterocycles. The van der Waals surface area contributed by atoms with E-state index in [-0.39, 0.29) is 12.1 Å². The number of hydrogen-bond acceptors (Lipinski definition) is 4. The van der Waals surface area contributed by atoms with E-state index >= 15 is 0 Å². The minimum atomic E-state index is -3.58. The van der Waals surface area contributed by atoms with Crippen molar-refractivity contribution in [2.24, 2.45) is 0 Å². The van der Waals surface area contributed by atoms with Gasteiger partial charge in [-0.05, 0) is 31.0 Å². The van der Waals surface area contributed by atoms with Gasteiger partial charge in [-0.15, -0.1) is 0 Å². The molecule has 0 saturated carbocycles. The van der Waals surface area contributed by atoms with Crippen LogP contribution in [0.4, 0.5) is 16.2 Å². The first kappa shape index (κ1) is 18.5. The Morgan fingerprint density at radius 3 is 2.75 bits per heavy atom. The Hall–Kier alpha value is -1.84. The highest BCUT2D eigenvalue weighted by Crippen LogP contribution is 2.21. The van der Waals surface area contributed by atoms with Crippen LogP contribution in [0, 0.1) is 0 Å². The molecule has 0 aliphatic carbocycles. The third-order valence-electron chi connectivity index (χ3n) is 3.84.